The van der Waals surface area contributed by atoms with Gasteiger partial charge in [-0.15, -0.1) is 0 Å². The molecule has 1 rings (SSSR count). The maximum atomic E-state index is 8.39. The molecule has 2 nitrogen and oxygen atoms in total. The third kappa shape index (κ3) is 1.65. The standard InChI is InChI=1S/C5H11NOS/c7-1-2-8-5-3-6-4-5/h5-7H,1-4H2. The van der Waals surface area contributed by atoms with Crippen molar-refractivity contribution < 1.29 is 5.11 Å². The van der Waals surface area contributed by atoms with Crippen LogP contribution in [-0.2, 0) is 0 Å². The SMILES string of the molecule is OCCSC1CNC1. The van der Waals surface area contributed by atoms with Gasteiger partial charge in [-0.2, -0.15) is 11.8 Å². The Morgan fingerprint density at radius 1 is 1.62 bits per heavy atom. The van der Waals surface area contributed by atoms with Gasteiger partial charge < -0.3 is 10.4 Å². The zero-order valence-corrected chi connectivity index (χ0v) is 5.58. The van der Waals surface area contributed by atoms with Gasteiger partial charge in [-0.1, -0.05) is 0 Å². The Hall–Kier alpha value is 0.270. The van der Waals surface area contributed by atoms with Crippen molar-refractivity contribution in [3.63, 3.8) is 0 Å². The molecule has 0 aromatic rings. The summed E-state index contributed by atoms with van der Waals surface area (Å²) in [6, 6.07) is 0. The van der Waals surface area contributed by atoms with Crippen LogP contribution in [0, 0.1) is 0 Å². The maximum absolute atomic E-state index is 8.39. The minimum absolute atomic E-state index is 0.321. The van der Waals surface area contributed by atoms with Crippen molar-refractivity contribution in [1.82, 2.24) is 5.32 Å². The summed E-state index contributed by atoms with van der Waals surface area (Å²) in [5.41, 5.74) is 0. The number of hydrogen-bond donors (Lipinski definition) is 2. The molecular weight excluding hydrogens is 122 g/mol. The Labute approximate surface area is 53.7 Å². The van der Waals surface area contributed by atoms with Gasteiger partial charge in [-0.3, -0.25) is 0 Å². The lowest BCUT2D eigenvalue weighted by Gasteiger charge is -2.25. The molecule has 1 saturated heterocycles. The van der Waals surface area contributed by atoms with E-state index in [0.717, 1.165) is 24.1 Å². The minimum atomic E-state index is 0.321. The number of aliphatic hydroxyl groups is 1. The van der Waals surface area contributed by atoms with Gasteiger partial charge >= 0.3 is 0 Å². The van der Waals surface area contributed by atoms with Gasteiger partial charge in [0.15, 0.2) is 0 Å². The Morgan fingerprint density at radius 2 is 2.38 bits per heavy atom. The summed E-state index contributed by atoms with van der Waals surface area (Å²) in [4.78, 5) is 0. The Balaban J connectivity index is 1.86. The highest BCUT2D eigenvalue weighted by molar-refractivity contribution is 8.00. The summed E-state index contributed by atoms with van der Waals surface area (Å²) in [5, 5.41) is 12.3. The van der Waals surface area contributed by atoms with Crippen LogP contribution < -0.4 is 5.32 Å². The van der Waals surface area contributed by atoms with Crippen molar-refractivity contribution >= 4 is 11.8 Å². The Morgan fingerprint density at radius 3 is 2.75 bits per heavy atom. The van der Waals surface area contributed by atoms with Gasteiger partial charge in [-0.05, 0) is 0 Å². The molecule has 1 aliphatic heterocycles. The van der Waals surface area contributed by atoms with Gasteiger partial charge in [0.2, 0.25) is 0 Å². The van der Waals surface area contributed by atoms with Crippen LogP contribution in [0.4, 0.5) is 0 Å². The predicted octanol–water partition coefficient (Wildman–Crippen LogP) is -0.316. The molecule has 1 heterocycles. The van der Waals surface area contributed by atoms with Gasteiger partial charge in [0.25, 0.3) is 0 Å². The topological polar surface area (TPSA) is 32.3 Å². The molecule has 0 aromatic heterocycles. The van der Waals surface area contributed by atoms with Gasteiger partial charge in [0, 0.05) is 24.1 Å². The largest absolute Gasteiger partial charge is 0.396 e. The lowest BCUT2D eigenvalue weighted by atomic mass is 10.3. The minimum Gasteiger partial charge on any atom is -0.396 e. The van der Waals surface area contributed by atoms with E-state index in [4.69, 9.17) is 5.11 Å². The zero-order valence-electron chi connectivity index (χ0n) is 4.76. The van der Waals surface area contributed by atoms with Crippen molar-refractivity contribution in [2.24, 2.45) is 0 Å². The van der Waals surface area contributed by atoms with Crippen molar-refractivity contribution in [3.8, 4) is 0 Å². The normalized spacial score (nSPS) is 20.6. The molecule has 0 unspecified atom stereocenters. The van der Waals surface area contributed by atoms with Crippen LogP contribution in [0.3, 0.4) is 0 Å². The highest BCUT2D eigenvalue weighted by Crippen LogP contribution is 2.12. The molecule has 0 saturated carbocycles. The van der Waals surface area contributed by atoms with Crippen molar-refractivity contribution in [3.05, 3.63) is 0 Å². The zero-order chi connectivity index (χ0) is 5.82. The third-order valence-electron chi connectivity index (χ3n) is 1.19. The highest BCUT2D eigenvalue weighted by Gasteiger charge is 2.15. The molecule has 0 aromatic carbocycles. The molecule has 1 fully saturated rings. The monoisotopic (exact) mass is 133 g/mol. The van der Waals surface area contributed by atoms with Crippen molar-refractivity contribution in [2.45, 2.75) is 5.25 Å². The van der Waals surface area contributed by atoms with Crippen LogP contribution in [-0.4, -0.2) is 35.8 Å². The summed E-state index contributed by atoms with van der Waals surface area (Å²) in [6.45, 7) is 2.58. The maximum Gasteiger partial charge on any atom is 0.0521 e. The summed E-state index contributed by atoms with van der Waals surface area (Å²) in [7, 11) is 0. The number of rotatable bonds is 3. The first-order valence-corrected chi connectivity index (χ1v) is 3.91. The van der Waals surface area contributed by atoms with Gasteiger partial charge in [0.1, 0.15) is 0 Å². The van der Waals surface area contributed by atoms with Crippen LogP contribution >= 0.6 is 11.8 Å². The smallest absolute Gasteiger partial charge is 0.0521 e. The van der Waals surface area contributed by atoms with E-state index < -0.39 is 0 Å². The average molecular weight is 133 g/mol. The molecule has 0 bridgehead atoms. The second-order valence-electron chi connectivity index (χ2n) is 1.87. The molecule has 3 heteroatoms. The average Bonchev–Trinajstić information content (AvgIpc) is 1.63. The first-order chi connectivity index (χ1) is 3.93. The van der Waals surface area contributed by atoms with Crippen molar-refractivity contribution in [2.75, 3.05) is 25.4 Å². The van der Waals surface area contributed by atoms with E-state index in [-0.39, 0.29) is 0 Å². The number of thioether (sulfide) groups is 1. The second kappa shape index (κ2) is 3.33. The summed E-state index contributed by atoms with van der Waals surface area (Å²) in [5.74, 6) is 0.895. The second-order valence-corrected chi connectivity index (χ2v) is 3.28. The molecule has 1 aliphatic rings. The van der Waals surface area contributed by atoms with Gasteiger partial charge in [0.05, 0.1) is 6.61 Å². The first-order valence-electron chi connectivity index (χ1n) is 2.86. The summed E-state index contributed by atoms with van der Waals surface area (Å²) >= 11 is 1.85. The number of nitrogens with one attached hydrogen (secondary N) is 1. The summed E-state index contributed by atoms with van der Waals surface area (Å²) < 4.78 is 0. The number of hydrogen-bond acceptors (Lipinski definition) is 3. The van der Waals surface area contributed by atoms with E-state index in [1.165, 1.54) is 0 Å². The number of aliphatic hydroxyl groups excluding tert-OH is 1. The molecule has 2 N–H and O–H groups in total. The molecule has 8 heavy (non-hydrogen) atoms. The molecule has 0 amide bonds. The lowest BCUT2D eigenvalue weighted by Crippen LogP contribution is -2.44. The van der Waals surface area contributed by atoms with E-state index >= 15 is 0 Å². The van der Waals surface area contributed by atoms with Gasteiger partial charge in [-0.25, -0.2) is 0 Å². The molecule has 0 aliphatic carbocycles. The Kier molecular flexibility index (Phi) is 2.66. The van der Waals surface area contributed by atoms with E-state index in [0.29, 0.717) is 6.61 Å². The highest BCUT2D eigenvalue weighted by atomic mass is 32.2. The Bertz CT molecular complexity index is 65.4. The fourth-order valence-corrected chi connectivity index (χ4v) is 1.51. The van der Waals surface area contributed by atoms with Crippen LogP contribution in [0.2, 0.25) is 0 Å². The van der Waals surface area contributed by atoms with E-state index in [9.17, 15) is 0 Å². The van der Waals surface area contributed by atoms with Crippen molar-refractivity contribution in [1.29, 1.82) is 0 Å². The predicted molar refractivity (Wildman–Crippen MR) is 36.2 cm³/mol. The van der Waals surface area contributed by atoms with E-state index in [1.54, 1.807) is 0 Å². The van der Waals surface area contributed by atoms with E-state index in [2.05, 4.69) is 5.32 Å². The molecular formula is C5H11NOS. The first kappa shape index (κ1) is 6.39. The fraction of sp³-hybridized carbons (Fsp3) is 1.00. The van der Waals surface area contributed by atoms with Crippen LogP contribution in [0.25, 0.3) is 0 Å². The van der Waals surface area contributed by atoms with E-state index in [1.807, 2.05) is 11.8 Å². The van der Waals surface area contributed by atoms with Crippen LogP contribution in [0.5, 0.6) is 0 Å². The molecule has 48 valence electrons. The van der Waals surface area contributed by atoms with Crippen LogP contribution in [0.15, 0.2) is 0 Å². The fourth-order valence-electron chi connectivity index (χ4n) is 0.599. The molecule has 0 radical (unpaired) electrons. The lowest BCUT2D eigenvalue weighted by molar-refractivity contribution is 0.322. The molecule has 0 atom stereocenters. The van der Waals surface area contributed by atoms with Crippen LogP contribution in [0.1, 0.15) is 0 Å². The third-order valence-corrected chi connectivity index (χ3v) is 2.41. The molecule has 0 spiro atoms. The summed E-state index contributed by atoms with van der Waals surface area (Å²) in [6.07, 6.45) is 0. The quantitative estimate of drug-likeness (QED) is 0.553.